The molecule has 196 valence electrons. The van der Waals surface area contributed by atoms with Gasteiger partial charge in [0.25, 0.3) is 0 Å². The standard InChI is InChI=1S/C25H32ClN3O6S/c1-25(2,3)15-36(33,34)21-7-4-16(12-28-21)13-29-24-18-10-11-27-14-20(17(18)5-6-19(24)26)35-23(32)9-8-22(30)31/h4-7,12,20,27,29H,8-11,13-15H2,1-3H3,(H,30,31). The van der Waals surface area contributed by atoms with Crippen LogP contribution in [-0.4, -0.2) is 49.3 Å². The number of carboxylic acids is 1. The number of benzene rings is 1. The molecule has 0 fully saturated rings. The average Bonchev–Trinajstić information content (AvgIpc) is 2.98. The van der Waals surface area contributed by atoms with Crippen LogP contribution in [-0.2, 0) is 37.1 Å². The lowest BCUT2D eigenvalue weighted by Gasteiger charge is -2.21. The van der Waals surface area contributed by atoms with Crippen molar-refractivity contribution in [3.05, 3.63) is 52.2 Å². The van der Waals surface area contributed by atoms with E-state index in [4.69, 9.17) is 21.4 Å². The smallest absolute Gasteiger partial charge is 0.307 e. The van der Waals surface area contributed by atoms with Crippen LogP contribution in [0.5, 0.6) is 0 Å². The summed E-state index contributed by atoms with van der Waals surface area (Å²) < 4.78 is 30.8. The Hall–Kier alpha value is -2.69. The maximum atomic E-state index is 12.6. The van der Waals surface area contributed by atoms with Crippen LogP contribution in [0.3, 0.4) is 0 Å². The van der Waals surface area contributed by atoms with Crippen LogP contribution in [0.2, 0.25) is 5.02 Å². The molecule has 1 aliphatic heterocycles. The van der Waals surface area contributed by atoms with Crippen molar-refractivity contribution in [2.45, 2.75) is 57.7 Å². The van der Waals surface area contributed by atoms with E-state index in [1.165, 1.54) is 12.3 Å². The van der Waals surface area contributed by atoms with Crippen LogP contribution >= 0.6 is 11.6 Å². The third kappa shape index (κ3) is 7.65. The molecule has 1 unspecified atom stereocenters. The number of ether oxygens (including phenoxy) is 1. The highest BCUT2D eigenvalue weighted by atomic mass is 35.5. The van der Waals surface area contributed by atoms with Gasteiger partial charge >= 0.3 is 11.9 Å². The van der Waals surface area contributed by atoms with Crippen molar-refractivity contribution in [1.29, 1.82) is 0 Å². The van der Waals surface area contributed by atoms with Crippen LogP contribution in [0.4, 0.5) is 5.69 Å². The molecular formula is C25H32ClN3O6S. The molecule has 0 saturated carbocycles. The minimum atomic E-state index is -3.48. The summed E-state index contributed by atoms with van der Waals surface area (Å²) in [5.41, 5.74) is 2.81. The maximum absolute atomic E-state index is 12.6. The number of fused-ring (bicyclic) bond motifs is 1. The van der Waals surface area contributed by atoms with E-state index < -0.39 is 27.9 Å². The molecule has 0 aliphatic carbocycles. The van der Waals surface area contributed by atoms with Crippen LogP contribution in [0.15, 0.2) is 35.5 Å². The number of aromatic nitrogens is 1. The topological polar surface area (TPSA) is 135 Å². The summed E-state index contributed by atoms with van der Waals surface area (Å²) in [6.45, 7) is 7.01. The van der Waals surface area contributed by atoms with E-state index in [1.54, 1.807) is 12.1 Å². The van der Waals surface area contributed by atoms with Crippen LogP contribution in [0.1, 0.15) is 56.4 Å². The molecule has 3 N–H and O–H groups in total. The molecule has 0 amide bonds. The molecule has 11 heteroatoms. The van der Waals surface area contributed by atoms with Gasteiger partial charge in [0.15, 0.2) is 14.9 Å². The Kier molecular flexibility index (Phi) is 8.97. The van der Waals surface area contributed by atoms with E-state index in [0.29, 0.717) is 36.8 Å². The number of carboxylic acid groups (broad SMARTS) is 1. The number of aliphatic carboxylic acids is 1. The fourth-order valence-electron chi connectivity index (χ4n) is 4.02. The lowest BCUT2D eigenvalue weighted by Crippen LogP contribution is -2.24. The number of hydrogen-bond donors (Lipinski definition) is 3. The van der Waals surface area contributed by atoms with Crippen molar-refractivity contribution in [2.24, 2.45) is 5.41 Å². The zero-order chi connectivity index (χ0) is 26.5. The fraction of sp³-hybridized carbons (Fsp3) is 0.480. The van der Waals surface area contributed by atoms with Crippen LogP contribution < -0.4 is 10.6 Å². The summed E-state index contributed by atoms with van der Waals surface area (Å²) in [6.07, 6.45) is 1.12. The number of anilines is 1. The van der Waals surface area contributed by atoms with Gasteiger partial charge in [-0.1, -0.05) is 44.5 Å². The molecule has 1 atom stereocenters. The highest BCUT2D eigenvalue weighted by molar-refractivity contribution is 7.91. The number of carbonyl (C=O) groups excluding carboxylic acids is 1. The van der Waals surface area contributed by atoms with E-state index >= 15 is 0 Å². The fourth-order valence-corrected chi connectivity index (χ4v) is 6.04. The Balaban J connectivity index is 1.76. The molecule has 0 saturated heterocycles. The lowest BCUT2D eigenvalue weighted by molar-refractivity contribution is -0.152. The molecule has 1 aromatic heterocycles. The number of rotatable bonds is 9. The second-order valence-corrected chi connectivity index (χ2v) is 12.3. The summed E-state index contributed by atoms with van der Waals surface area (Å²) in [7, 11) is -3.48. The number of nitrogens with zero attached hydrogens (tertiary/aromatic N) is 1. The number of nitrogens with one attached hydrogen (secondary N) is 2. The first-order valence-electron chi connectivity index (χ1n) is 11.7. The van der Waals surface area contributed by atoms with Gasteiger partial charge in [0.1, 0.15) is 6.10 Å². The van der Waals surface area contributed by atoms with Crippen molar-refractivity contribution < 1.29 is 27.9 Å². The van der Waals surface area contributed by atoms with E-state index in [-0.39, 0.29) is 29.0 Å². The summed E-state index contributed by atoms with van der Waals surface area (Å²) >= 11 is 6.51. The second-order valence-electron chi connectivity index (χ2n) is 9.99. The number of halogens is 1. The molecule has 9 nitrogen and oxygen atoms in total. The Morgan fingerprint density at radius 1 is 1.22 bits per heavy atom. The Bertz CT molecular complexity index is 1210. The lowest BCUT2D eigenvalue weighted by atomic mass is 9.98. The van der Waals surface area contributed by atoms with Gasteiger partial charge in [0.2, 0.25) is 0 Å². The van der Waals surface area contributed by atoms with Gasteiger partial charge in [0, 0.05) is 19.3 Å². The van der Waals surface area contributed by atoms with E-state index in [2.05, 4.69) is 15.6 Å². The highest BCUT2D eigenvalue weighted by Gasteiger charge is 2.26. The molecule has 0 bridgehead atoms. The molecule has 36 heavy (non-hydrogen) atoms. The van der Waals surface area contributed by atoms with Gasteiger partial charge in [-0.3, -0.25) is 9.59 Å². The first-order chi connectivity index (χ1) is 16.9. The normalized spacial score (nSPS) is 16.1. The van der Waals surface area contributed by atoms with Gasteiger partial charge in [0.05, 0.1) is 29.3 Å². The monoisotopic (exact) mass is 537 g/mol. The average molecular weight is 538 g/mol. The number of sulfone groups is 1. The summed E-state index contributed by atoms with van der Waals surface area (Å²) in [5, 5.41) is 15.9. The largest absolute Gasteiger partial charge is 0.481 e. The number of hydrogen-bond acceptors (Lipinski definition) is 8. The molecule has 3 rings (SSSR count). The molecule has 0 radical (unpaired) electrons. The van der Waals surface area contributed by atoms with Gasteiger partial charge in [-0.25, -0.2) is 13.4 Å². The molecule has 2 aromatic rings. The van der Waals surface area contributed by atoms with Crippen LogP contribution in [0, 0.1) is 5.41 Å². The van der Waals surface area contributed by atoms with Crippen molar-refractivity contribution in [1.82, 2.24) is 10.3 Å². The quantitative estimate of drug-likeness (QED) is 0.408. The summed E-state index contributed by atoms with van der Waals surface area (Å²) in [5.74, 6) is -1.63. The maximum Gasteiger partial charge on any atom is 0.307 e. The molecule has 1 aromatic carbocycles. The third-order valence-electron chi connectivity index (χ3n) is 5.55. The minimum absolute atomic E-state index is 0.00639. The van der Waals surface area contributed by atoms with Gasteiger partial charge in [-0.15, -0.1) is 0 Å². The van der Waals surface area contributed by atoms with Gasteiger partial charge in [-0.05, 0) is 47.2 Å². The molecular weight excluding hydrogens is 506 g/mol. The van der Waals surface area contributed by atoms with E-state index in [9.17, 15) is 18.0 Å². The molecule has 0 spiro atoms. The SMILES string of the molecule is CC(C)(C)CS(=O)(=O)c1ccc(CNc2c(Cl)ccc3c2CCNCC3OC(=O)CCC(=O)O)cn1. The summed E-state index contributed by atoms with van der Waals surface area (Å²) in [4.78, 5) is 27.1. The van der Waals surface area contributed by atoms with Crippen molar-refractivity contribution in [3.8, 4) is 0 Å². The molecule has 2 heterocycles. The van der Waals surface area contributed by atoms with Crippen molar-refractivity contribution in [2.75, 3.05) is 24.2 Å². The zero-order valence-electron chi connectivity index (χ0n) is 20.6. The van der Waals surface area contributed by atoms with Crippen molar-refractivity contribution in [3.63, 3.8) is 0 Å². The van der Waals surface area contributed by atoms with Gasteiger partial charge < -0.3 is 20.5 Å². The highest BCUT2D eigenvalue weighted by Crippen LogP contribution is 2.35. The Morgan fingerprint density at radius 3 is 2.61 bits per heavy atom. The Labute approximate surface area is 216 Å². The van der Waals surface area contributed by atoms with Crippen molar-refractivity contribution >= 4 is 39.1 Å². The molecule has 1 aliphatic rings. The van der Waals surface area contributed by atoms with E-state index in [1.807, 2.05) is 26.8 Å². The predicted octanol–water partition coefficient (Wildman–Crippen LogP) is 3.76. The minimum Gasteiger partial charge on any atom is -0.481 e. The van der Waals surface area contributed by atoms with Gasteiger partial charge in [-0.2, -0.15) is 0 Å². The number of esters is 1. The second kappa shape index (κ2) is 11.6. The Morgan fingerprint density at radius 2 is 1.97 bits per heavy atom. The first kappa shape index (κ1) is 27.9. The summed E-state index contributed by atoms with van der Waals surface area (Å²) in [6, 6.07) is 6.79. The van der Waals surface area contributed by atoms with Crippen LogP contribution in [0.25, 0.3) is 0 Å². The first-order valence-corrected chi connectivity index (χ1v) is 13.7. The zero-order valence-corrected chi connectivity index (χ0v) is 22.2. The van der Waals surface area contributed by atoms with E-state index in [0.717, 1.165) is 16.7 Å². The number of carbonyl (C=O) groups is 2. The number of pyridine rings is 1. The third-order valence-corrected chi connectivity index (χ3v) is 7.99. The predicted molar refractivity (Wildman–Crippen MR) is 137 cm³/mol.